The number of pyridine rings is 1. The number of hydrogen-bond acceptors (Lipinski definition) is 1. The summed E-state index contributed by atoms with van der Waals surface area (Å²) in [6, 6.07) is 2.72. The van der Waals surface area contributed by atoms with Gasteiger partial charge in [-0.1, -0.05) is 15.9 Å². The quantitative estimate of drug-likeness (QED) is 0.618. The second-order valence-electron chi connectivity index (χ2n) is 1.60. The zero-order valence-electron chi connectivity index (χ0n) is 4.64. The van der Waals surface area contributed by atoms with Crippen LogP contribution < -0.4 is 0 Å². The van der Waals surface area contributed by atoms with Crippen molar-refractivity contribution in [3.63, 3.8) is 0 Å². The van der Waals surface area contributed by atoms with Crippen molar-refractivity contribution in [2.45, 2.75) is 5.33 Å². The lowest BCUT2D eigenvalue weighted by Gasteiger charge is -1.90. The van der Waals surface area contributed by atoms with Crippen molar-refractivity contribution < 1.29 is 4.39 Å². The van der Waals surface area contributed by atoms with E-state index in [1.165, 1.54) is 18.3 Å². The van der Waals surface area contributed by atoms with Crippen molar-refractivity contribution in [1.29, 1.82) is 0 Å². The molecule has 0 saturated heterocycles. The van der Waals surface area contributed by atoms with Crippen molar-refractivity contribution in [3.05, 3.63) is 29.8 Å². The molecule has 0 spiro atoms. The summed E-state index contributed by atoms with van der Waals surface area (Å²) in [7, 11) is 0. The van der Waals surface area contributed by atoms with Crippen molar-refractivity contribution in [2.75, 3.05) is 0 Å². The van der Waals surface area contributed by atoms with Crippen LogP contribution in [-0.2, 0) is 5.33 Å². The number of alkyl halides is 1. The first-order valence-corrected chi connectivity index (χ1v) is 3.61. The fourth-order valence-corrected chi connectivity index (χ4v) is 0.828. The van der Waals surface area contributed by atoms with Crippen LogP contribution in [0.2, 0.25) is 0 Å². The standard InChI is InChI=1S/C6H5BrFN/c7-4-6-3-5(8)1-2-9-6/h1-3H,4H2. The Morgan fingerprint density at radius 2 is 2.44 bits per heavy atom. The lowest BCUT2D eigenvalue weighted by Crippen LogP contribution is -1.83. The molecule has 0 atom stereocenters. The van der Waals surface area contributed by atoms with Crippen LogP contribution in [0.3, 0.4) is 0 Å². The summed E-state index contributed by atoms with van der Waals surface area (Å²) in [5.41, 5.74) is 0.718. The number of halogens is 2. The molecule has 0 N–H and O–H groups in total. The number of rotatable bonds is 1. The van der Waals surface area contributed by atoms with E-state index in [2.05, 4.69) is 20.9 Å². The van der Waals surface area contributed by atoms with Gasteiger partial charge in [0.15, 0.2) is 0 Å². The zero-order valence-corrected chi connectivity index (χ0v) is 6.23. The van der Waals surface area contributed by atoms with Gasteiger partial charge in [0, 0.05) is 11.5 Å². The summed E-state index contributed by atoms with van der Waals surface area (Å²) in [4.78, 5) is 3.87. The first kappa shape index (κ1) is 6.68. The Balaban J connectivity index is 2.94. The maximum atomic E-state index is 12.3. The second-order valence-corrected chi connectivity index (χ2v) is 2.16. The Kier molecular flexibility index (Phi) is 2.16. The highest BCUT2D eigenvalue weighted by atomic mass is 79.9. The van der Waals surface area contributed by atoms with Gasteiger partial charge in [-0.15, -0.1) is 0 Å². The molecule has 1 aromatic rings. The van der Waals surface area contributed by atoms with Crippen molar-refractivity contribution in [3.8, 4) is 0 Å². The monoisotopic (exact) mass is 189 g/mol. The molecule has 1 nitrogen and oxygen atoms in total. The number of nitrogens with zero attached hydrogens (tertiary/aromatic N) is 1. The molecule has 0 unspecified atom stereocenters. The van der Waals surface area contributed by atoms with Gasteiger partial charge < -0.3 is 0 Å². The molecule has 0 bridgehead atoms. The minimum Gasteiger partial charge on any atom is -0.260 e. The first-order chi connectivity index (χ1) is 4.33. The van der Waals surface area contributed by atoms with Crippen molar-refractivity contribution in [2.24, 2.45) is 0 Å². The first-order valence-electron chi connectivity index (χ1n) is 2.49. The molecule has 0 saturated carbocycles. The fourth-order valence-electron chi connectivity index (χ4n) is 0.522. The third-order valence-electron chi connectivity index (χ3n) is 0.916. The van der Waals surface area contributed by atoms with Crippen LogP contribution in [0, 0.1) is 5.82 Å². The van der Waals surface area contributed by atoms with Gasteiger partial charge in [-0.25, -0.2) is 4.39 Å². The molecule has 0 aliphatic heterocycles. The van der Waals surface area contributed by atoms with E-state index in [0.717, 1.165) is 5.69 Å². The van der Waals surface area contributed by atoms with Gasteiger partial charge in [0.1, 0.15) is 5.82 Å². The van der Waals surface area contributed by atoms with Gasteiger partial charge in [0.05, 0.1) is 5.69 Å². The smallest absolute Gasteiger partial charge is 0.126 e. The third kappa shape index (κ3) is 1.75. The van der Waals surface area contributed by atoms with E-state index in [4.69, 9.17) is 0 Å². The fraction of sp³-hybridized carbons (Fsp3) is 0.167. The van der Waals surface area contributed by atoms with Gasteiger partial charge in [-0.3, -0.25) is 4.98 Å². The highest BCUT2D eigenvalue weighted by molar-refractivity contribution is 9.08. The predicted octanol–water partition coefficient (Wildman–Crippen LogP) is 2.12. The molecule has 0 aromatic carbocycles. The minimum atomic E-state index is -0.237. The van der Waals surface area contributed by atoms with E-state index in [0.29, 0.717) is 5.33 Å². The molecule has 1 rings (SSSR count). The molecule has 9 heavy (non-hydrogen) atoms. The van der Waals surface area contributed by atoms with Crippen LogP contribution >= 0.6 is 15.9 Å². The molecular formula is C6H5BrFN. The molecule has 0 amide bonds. The zero-order chi connectivity index (χ0) is 6.69. The molecule has 1 heterocycles. The van der Waals surface area contributed by atoms with E-state index < -0.39 is 0 Å². The molecule has 0 fully saturated rings. The van der Waals surface area contributed by atoms with Crippen molar-refractivity contribution >= 4 is 15.9 Å². The summed E-state index contributed by atoms with van der Waals surface area (Å²) >= 11 is 3.16. The normalized spacial score (nSPS) is 9.56. The molecule has 0 radical (unpaired) electrons. The third-order valence-corrected chi connectivity index (χ3v) is 1.49. The lowest BCUT2D eigenvalue weighted by atomic mass is 10.4. The van der Waals surface area contributed by atoms with Gasteiger partial charge >= 0.3 is 0 Å². The molecule has 0 aliphatic carbocycles. The van der Waals surface area contributed by atoms with Crippen LogP contribution in [0.15, 0.2) is 18.3 Å². The van der Waals surface area contributed by atoms with E-state index >= 15 is 0 Å². The average molecular weight is 190 g/mol. The van der Waals surface area contributed by atoms with Gasteiger partial charge in [0.2, 0.25) is 0 Å². The highest BCUT2D eigenvalue weighted by Gasteiger charge is 1.91. The van der Waals surface area contributed by atoms with Gasteiger partial charge in [-0.2, -0.15) is 0 Å². The van der Waals surface area contributed by atoms with Crippen LogP contribution in [-0.4, -0.2) is 4.98 Å². The minimum absolute atomic E-state index is 0.237. The summed E-state index contributed by atoms with van der Waals surface area (Å²) in [5, 5.41) is 0.602. The van der Waals surface area contributed by atoms with Gasteiger partial charge in [0.25, 0.3) is 0 Å². The Hall–Kier alpha value is -0.440. The van der Waals surface area contributed by atoms with E-state index in [9.17, 15) is 4.39 Å². The number of hydrogen-bond donors (Lipinski definition) is 0. The molecule has 3 heteroatoms. The summed E-state index contributed by atoms with van der Waals surface area (Å²) in [6.45, 7) is 0. The van der Waals surface area contributed by atoms with Crippen molar-refractivity contribution in [1.82, 2.24) is 4.98 Å². The lowest BCUT2D eigenvalue weighted by molar-refractivity contribution is 0.623. The molecule has 1 aromatic heterocycles. The maximum Gasteiger partial charge on any atom is 0.126 e. The Morgan fingerprint density at radius 1 is 1.67 bits per heavy atom. The predicted molar refractivity (Wildman–Crippen MR) is 36.8 cm³/mol. The molecule has 0 aliphatic rings. The highest BCUT2D eigenvalue weighted by Crippen LogP contribution is 2.02. The van der Waals surface area contributed by atoms with Crippen LogP contribution in [0.4, 0.5) is 4.39 Å². The second kappa shape index (κ2) is 2.92. The SMILES string of the molecule is Fc1ccnc(CBr)c1. The molecular weight excluding hydrogens is 185 g/mol. The van der Waals surface area contributed by atoms with E-state index in [1.54, 1.807) is 0 Å². The number of aromatic nitrogens is 1. The van der Waals surface area contributed by atoms with E-state index in [1.807, 2.05) is 0 Å². The van der Waals surface area contributed by atoms with Crippen LogP contribution in [0.25, 0.3) is 0 Å². The van der Waals surface area contributed by atoms with Crippen LogP contribution in [0.1, 0.15) is 5.69 Å². The Bertz CT molecular complexity index is 202. The summed E-state index contributed by atoms with van der Waals surface area (Å²) in [5.74, 6) is -0.237. The van der Waals surface area contributed by atoms with Crippen LogP contribution in [0.5, 0.6) is 0 Å². The largest absolute Gasteiger partial charge is 0.260 e. The molecule has 48 valence electrons. The summed E-state index contributed by atoms with van der Waals surface area (Å²) < 4.78 is 12.3. The summed E-state index contributed by atoms with van der Waals surface area (Å²) in [6.07, 6.45) is 1.45. The van der Waals surface area contributed by atoms with Gasteiger partial charge in [-0.05, 0) is 12.1 Å². The average Bonchev–Trinajstić information content (AvgIpc) is 1.88. The maximum absolute atomic E-state index is 12.3. The Morgan fingerprint density at radius 3 is 2.89 bits per heavy atom. The topological polar surface area (TPSA) is 12.9 Å². The van der Waals surface area contributed by atoms with E-state index in [-0.39, 0.29) is 5.82 Å². The Labute approximate surface area is 61.0 Å².